The Morgan fingerprint density at radius 2 is 1.50 bits per heavy atom. The van der Waals surface area contributed by atoms with Crippen LogP contribution in [0.5, 0.6) is 11.5 Å². The molecule has 0 unspecified atom stereocenters. The zero-order chi connectivity index (χ0) is 18.9. The first-order chi connectivity index (χ1) is 13.8. The lowest BCUT2D eigenvalue weighted by Crippen LogP contribution is -2.09. The third kappa shape index (κ3) is 3.01. The number of nitrogens with one attached hydrogen (secondary N) is 1. The zero-order valence-corrected chi connectivity index (χ0v) is 15.1. The Hall–Kier alpha value is -3.60. The van der Waals surface area contributed by atoms with E-state index in [2.05, 4.69) is 9.97 Å². The van der Waals surface area contributed by atoms with Crippen molar-refractivity contribution in [3.05, 3.63) is 77.1 Å². The van der Waals surface area contributed by atoms with E-state index in [1.165, 1.54) is 0 Å². The summed E-state index contributed by atoms with van der Waals surface area (Å²) in [5, 5.41) is 0.593. The average Bonchev–Trinajstić information content (AvgIpc) is 2.99. The average molecular weight is 370 g/mol. The maximum atomic E-state index is 12.3. The van der Waals surface area contributed by atoms with E-state index >= 15 is 0 Å². The number of aromatic amines is 1. The Bertz CT molecular complexity index is 1210. The number of H-pyrrole nitrogens is 1. The third-order valence-corrected chi connectivity index (χ3v) is 4.85. The first-order valence-electron chi connectivity index (χ1n) is 9.27. The summed E-state index contributed by atoms with van der Waals surface area (Å²) in [6.07, 6.45) is 0.885. The Labute approximate surface area is 161 Å². The van der Waals surface area contributed by atoms with Gasteiger partial charge in [0.1, 0.15) is 5.82 Å². The highest BCUT2D eigenvalue weighted by Crippen LogP contribution is 2.34. The quantitative estimate of drug-likeness (QED) is 0.567. The fraction of sp³-hybridized carbons (Fsp3) is 0.130. The molecule has 0 amide bonds. The van der Waals surface area contributed by atoms with Crippen LogP contribution in [0.2, 0.25) is 0 Å². The van der Waals surface area contributed by atoms with Crippen molar-refractivity contribution in [3.8, 4) is 34.0 Å². The van der Waals surface area contributed by atoms with Crippen LogP contribution in [0.3, 0.4) is 0 Å². The Morgan fingerprint density at radius 1 is 0.786 bits per heavy atom. The lowest BCUT2D eigenvalue weighted by Gasteiger charge is -2.10. The number of para-hydroxylation sites is 1. The molecule has 0 saturated carbocycles. The molecule has 5 heteroatoms. The summed E-state index contributed by atoms with van der Waals surface area (Å²) in [5.41, 5.74) is 3.53. The van der Waals surface area contributed by atoms with E-state index in [1.807, 2.05) is 60.7 Å². The molecular formula is C23H18N2O3. The van der Waals surface area contributed by atoms with Crippen LogP contribution in [0, 0.1) is 0 Å². The van der Waals surface area contributed by atoms with E-state index in [1.54, 1.807) is 6.07 Å². The van der Waals surface area contributed by atoms with Crippen LogP contribution < -0.4 is 15.0 Å². The fourth-order valence-corrected chi connectivity index (χ4v) is 3.39. The van der Waals surface area contributed by atoms with Gasteiger partial charge in [0.25, 0.3) is 5.56 Å². The highest BCUT2D eigenvalue weighted by molar-refractivity contribution is 5.79. The summed E-state index contributed by atoms with van der Waals surface area (Å²) in [6.45, 7) is 1.34. The van der Waals surface area contributed by atoms with E-state index in [9.17, 15) is 4.79 Å². The lowest BCUT2D eigenvalue weighted by atomic mass is 10.0. The van der Waals surface area contributed by atoms with E-state index in [-0.39, 0.29) is 5.56 Å². The maximum Gasteiger partial charge on any atom is 0.259 e. The number of benzene rings is 3. The molecule has 0 atom stereocenters. The molecule has 0 bridgehead atoms. The number of aromatic nitrogens is 2. The largest absolute Gasteiger partial charge is 0.490 e. The number of nitrogens with zero attached hydrogens (tertiary/aromatic N) is 1. The first kappa shape index (κ1) is 16.6. The minimum Gasteiger partial charge on any atom is -0.490 e. The third-order valence-electron chi connectivity index (χ3n) is 4.85. The summed E-state index contributed by atoms with van der Waals surface area (Å²) in [7, 11) is 0. The highest BCUT2D eigenvalue weighted by Gasteiger charge is 2.12. The molecule has 0 spiro atoms. The molecule has 1 aliphatic heterocycles. The predicted octanol–water partition coefficient (Wildman–Crippen LogP) is 4.42. The molecule has 0 saturated heterocycles. The summed E-state index contributed by atoms with van der Waals surface area (Å²) in [6, 6.07) is 21.3. The molecule has 1 aliphatic rings. The van der Waals surface area contributed by atoms with Gasteiger partial charge in [0, 0.05) is 12.0 Å². The maximum absolute atomic E-state index is 12.3. The lowest BCUT2D eigenvalue weighted by molar-refractivity contribution is 0.297. The fourth-order valence-electron chi connectivity index (χ4n) is 3.39. The molecule has 4 aromatic rings. The van der Waals surface area contributed by atoms with Gasteiger partial charge < -0.3 is 14.5 Å². The molecule has 5 nitrogen and oxygen atoms in total. The van der Waals surface area contributed by atoms with Gasteiger partial charge in [0.15, 0.2) is 11.5 Å². The van der Waals surface area contributed by atoms with Gasteiger partial charge >= 0.3 is 0 Å². The van der Waals surface area contributed by atoms with Gasteiger partial charge in [-0.3, -0.25) is 4.79 Å². The van der Waals surface area contributed by atoms with Crippen LogP contribution in [-0.2, 0) is 0 Å². The second-order valence-electron chi connectivity index (χ2n) is 6.72. The molecule has 28 heavy (non-hydrogen) atoms. The monoisotopic (exact) mass is 370 g/mol. The van der Waals surface area contributed by atoms with Gasteiger partial charge in [-0.1, -0.05) is 42.5 Å². The number of hydrogen-bond donors (Lipinski definition) is 1. The summed E-state index contributed by atoms with van der Waals surface area (Å²) in [4.78, 5) is 19.8. The smallest absolute Gasteiger partial charge is 0.259 e. The molecular weight excluding hydrogens is 352 g/mol. The SMILES string of the molecule is O=c1[nH]c(-c2ccc(-c3ccc4c(c3)OCCCO4)cc2)nc2ccccc12. The zero-order valence-electron chi connectivity index (χ0n) is 15.1. The van der Waals surface area contributed by atoms with E-state index in [4.69, 9.17) is 9.47 Å². The van der Waals surface area contributed by atoms with Crippen molar-refractivity contribution < 1.29 is 9.47 Å². The molecule has 1 aromatic heterocycles. The summed E-state index contributed by atoms with van der Waals surface area (Å²) >= 11 is 0. The first-order valence-corrected chi connectivity index (χ1v) is 9.27. The molecule has 0 radical (unpaired) electrons. The van der Waals surface area contributed by atoms with Gasteiger partial charge in [-0.15, -0.1) is 0 Å². The van der Waals surface area contributed by atoms with Crippen LogP contribution >= 0.6 is 0 Å². The number of rotatable bonds is 2. The molecule has 1 N–H and O–H groups in total. The summed E-state index contributed by atoms with van der Waals surface area (Å²) in [5.74, 6) is 2.13. The number of hydrogen-bond acceptors (Lipinski definition) is 4. The van der Waals surface area contributed by atoms with Crippen LogP contribution in [-0.4, -0.2) is 23.2 Å². The van der Waals surface area contributed by atoms with Crippen molar-refractivity contribution >= 4 is 10.9 Å². The van der Waals surface area contributed by atoms with Gasteiger partial charge in [0.2, 0.25) is 0 Å². The second-order valence-corrected chi connectivity index (χ2v) is 6.72. The molecule has 0 aliphatic carbocycles. The Balaban J connectivity index is 1.50. The van der Waals surface area contributed by atoms with E-state index in [0.29, 0.717) is 29.9 Å². The van der Waals surface area contributed by atoms with E-state index in [0.717, 1.165) is 34.6 Å². The van der Waals surface area contributed by atoms with Crippen molar-refractivity contribution in [2.24, 2.45) is 0 Å². The van der Waals surface area contributed by atoms with Crippen LogP contribution in [0.1, 0.15) is 6.42 Å². The molecule has 0 fully saturated rings. The topological polar surface area (TPSA) is 64.2 Å². The predicted molar refractivity (Wildman–Crippen MR) is 109 cm³/mol. The number of fused-ring (bicyclic) bond motifs is 2. The molecule has 138 valence electrons. The van der Waals surface area contributed by atoms with Crippen molar-refractivity contribution in [1.29, 1.82) is 0 Å². The van der Waals surface area contributed by atoms with Crippen LogP contribution in [0.25, 0.3) is 33.4 Å². The molecule has 3 aromatic carbocycles. The standard InChI is InChI=1S/C23H18N2O3/c26-23-18-4-1-2-5-19(18)24-22(25-23)16-8-6-15(7-9-16)17-10-11-20-21(14-17)28-13-3-12-27-20/h1-2,4-11,14H,3,12-13H2,(H,24,25,26). The van der Waals surface area contributed by atoms with Crippen molar-refractivity contribution in [2.45, 2.75) is 6.42 Å². The highest BCUT2D eigenvalue weighted by atomic mass is 16.5. The van der Waals surface area contributed by atoms with Gasteiger partial charge in [-0.25, -0.2) is 4.98 Å². The second kappa shape index (κ2) is 6.85. The van der Waals surface area contributed by atoms with Crippen LogP contribution in [0.4, 0.5) is 0 Å². The van der Waals surface area contributed by atoms with Gasteiger partial charge in [0.05, 0.1) is 24.1 Å². The van der Waals surface area contributed by atoms with Crippen LogP contribution in [0.15, 0.2) is 71.5 Å². The van der Waals surface area contributed by atoms with Crippen molar-refractivity contribution in [2.75, 3.05) is 13.2 Å². The minimum atomic E-state index is -0.132. The number of ether oxygens (including phenoxy) is 2. The Kier molecular flexibility index (Phi) is 4.05. The minimum absolute atomic E-state index is 0.132. The van der Waals surface area contributed by atoms with Crippen molar-refractivity contribution in [1.82, 2.24) is 9.97 Å². The normalized spacial score (nSPS) is 13.3. The van der Waals surface area contributed by atoms with Gasteiger partial charge in [-0.2, -0.15) is 0 Å². The Morgan fingerprint density at radius 3 is 2.36 bits per heavy atom. The van der Waals surface area contributed by atoms with Gasteiger partial charge in [-0.05, 0) is 35.4 Å². The summed E-state index contributed by atoms with van der Waals surface area (Å²) < 4.78 is 11.5. The van der Waals surface area contributed by atoms with Crippen molar-refractivity contribution in [3.63, 3.8) is 0 Å². The molecule has 2 heterocycles. The van der Waals surface area contributed by atoms with E-state index < -0.39 is 0 Å². The molecule has 5 rings (SSSR count).